The van der Waals surface area contributed by atoms with E-state index in [0.717, 1.165) is 28.1 Å². The number of amides is 2. The highest BCUT2D eigenvalue weighted by Crippen LogP contribution is 2.34. The van der Waals surface area contributed by atoms with Crippen LogP contribution in [0.3, 0.4) is 0 Å². The van der Waals surface area contributed by atoms with Gasteiger partial charge in [0.05, 0.1) is 17.0 Å². The van der Waals surface area contributed by atoms with Gasteiger partial charge in [-0.3, -0.25) is 14.5 Å². The second-order valence-electron chi connectivity index (χ2n) is 7.87. The van der Waals surface area contributed by atoms with Crippen LogP contribution in [-0.2, 0) is 11.3 Å². The molecule has 0 spiro atoms. The molecular formula is C28H18ClNO4S. The van der Waals surface area contributed by atoms with E-state index < -0.39 is 5.97 Å². The molecule has 172 valence electrons. The largest absolute Gasteiger partial charge is 0.423 e. The van der Waals surface area contributed by atoms with Crippen LogP contribution in [0.1, 0.15) is 21.5 Å². The molecule has 0 aromatic heterocycles. The number of imide groups is 1. The van der Waals surface area contributed by atoms with Crippen LogP contribution in [0.15, 0.2) is 95.9 Å². The van der Waals surface area contributed by atoms with Crippen LogP contribution in [0.2, 0.25) is 5.02 Å². The van der Waals surface area contributed by atoms with Gasteiger partial charge in [0.2, 0.25) is 0 Å². The number of hydrogen-bond donors (Lipinski definition) is 0. The average Bonchev–Trinajstić information content (AvgIpc) is 3.13. The third-order valence-corrected chi connectivity index (χ3v) is 6.71. The van der Waals surface area contributed by atoms with Crippen LogP contribution in [0.5, 0.6) is 5.75 Å². The van der Waals surface area contributed by atoms with E-state index in [1.807, 2.05) is 42.5 Å². The molecule has 4 aromatic carbocycles. The lowest BCUT2D eigenvalue weighted by atomic mass is 10.0. The van der Waals surface area contributed by atoms with Crippen LogP contribution in [-0.4, -0.2) is 22.0 Å². The van der Waals surface area contributed by atoms with Crippen molar-refractivity contribution in [3.8, 4) is 5.75 Å². The number of ether oxygens (including phenoxy) is 1. The Morgan fingerprint density at radius 3 is 2.37 bits per heavy atom. The minimum Gasteiger partial charge on any atom is -0.423 e. The third-order valence-electron chi connectivity index (χ3n) is 5.55. The molecule has 0 unspecified atom stereocenters. The molecule has 1 saturated heterocycles. The Kier molecular flexibility index (Phi) is 6.40. The number of esters is 1. The van der Waals surface area contributed by atoms with E-state index in [1.54, 1.807) is 54.6 Å². The summed E-state index contributed by atoms with van der Waals surface area (Å²) in [6.07, 6.45) is 1.67. The molecule has 0 aliphatic carbocycles. The van der Waals surface area contributed by atoms with Gasteiger partial charge in [-0.25, -0.2) is 4.79 Å². The van der Waals surface area contributed by atoms with Gasteiger partial charge in [-0.15, -0.1) is 0 Å². The smallest absolute Gasteiger partial charge is 0.343 e. The first-order valence-electron chi connectivity index (χ1n) is 10.8. The van der Waals surface area contributed by atoms with Gasteiger partial charge in [0.25, 0.3) is 11.1 Å². The zero-order chi connectivity index (χ0) is 24.4. The molecule has 0 radical (unpaired) electrons. The molecule has 7 heteroatoms. The van der Waals surface area contributed by atoms with E-state index in [0.29, 0.717) is 26.8 Å². The monoisotopic (exact) mass is 499 g/mol. The Morgan fingerprint density at radius 2 is 1.60 bits per heavy atom. The lowest BCUT2D eigenvalue weighted by Crippen LogP contribution is -2.27. The van der Waals surface area contributed by atoms with Crippen molar-refractivity contribution in [3.05, 3.63) is 118 Å². The topological polar surface area (TPSA) is 63.7 Å². The minimum absolute atomic E-state index is 0.211. The minimum atomic E-state index is -0.496. The Hall–Kier alpha value is -3.87. The maximum Gasteiger partial charge on any atom is 0.343 e. The molecule has 0 saturated carbocycles. The first-order valence-corrected chi connectivity index (χ1v) is 12.0. The van der Waals surface area contributed by atoms with Crippen molar-refractivity contribution in [1.82, 2.24) is 4.90 Å². The third kappa shape index (κ3) is 4.99. The van der Waals surface area contributed by atoms with Crippen molar-refractivity contribution in [3.63, 3.8) is 0 Å². The van der Waals surface area contributed by atoms with Crippen molar-refractivity contribution < 1.29 is 19.1 Å². The fourth-order valence-corrected chi connectivity index (χ4v) is 4.74. The highest BCUT2D eigenvalue weighted by atomic mass is 35.5. The SMILES string of the molecule is O=C(Oc1ccc(/C=C2\SC(=O)N(Cc3cccc4ccccc34)C2=O)cc1)c1ccc(Cl)cc1. The summed E-state index contributed by atoms with van der Waals surface area (Å²) in [5, 5.41) is 2.31. The predicted molar refractivity (Wildman–Crippen MR) is 138 cm³/mol. The van der Waals surface area contributed by atoms with Crippen LogP contribution in [0.25, 0.3) is 16.8 Å². The number of carbonyl (C=O) groups is 3. The molecule has 1 aliphatic heterocycles. The number of halogens is 1. The van der Waals surface area contributed by atoms with E-state index >= 15 is 0 Å². The summed E-state index contributed by atoms with van der Waals surface area (Å²) in [7, 11) is 0. The normalized spacial score (nSPS) is 14.7. The van der Waals surface area contributed by atoms with Crippen molar-refractivity contribution in [2.24, 2.45) is 0 Å². The Labute approximate surface area is 211 Å². The summed E-state index contributed by atoms with van der Waals surface area (Å²) < 4.78 is 5.38. The molecular weight excluding hydrogens is 482 g/mol. The van der Waals surface area contributed by atoms with Crippen LogP contribution in [0, 0.1) is 0 Å². The van der Waals surface area contributed by atoms with Gasteiger partial charge in [0.1, 0.15) is 5.75 Å². The van der Waals surface area contributed by atoms with Gasteiger partial charge in [-0.05, 0) is 76.1 Å². The number of rotatable bonds is 5. The highest BCUT2D eigenvalue weighted by molar-refractivity contribution is 8.18. The zero-order valence-corrected chi connectivity index (χ0v) is 19.9. The van der Waals surface area contributed by atoms with Crippen molar-refractivity contribution in [2.45, 2.75) is 6.54 Å². The van der Waals surface area contributed by atoms with Gasteiger partial charge < -0.3 is 4.74 Å². The van der Waals surface area contributed by atoms with Gasteiger partial charge in [0, 0.05) is 5.02 Å². The second-order valence-corrected chi connectivity index (χ2v) is 9.30. The number of nitrogens with zero attached hydrogens (tertiary/aromatic N) is 1. The number of benzene rings is 4. The second kappa shape index (κ2) is 9.78. The first-order chi connectivity index (χ1) is 17.0. The van der Waals surface area contributed by atoms with Gasteiger partial charge in [-0.2, -0.15) is 0 Å². The zero-order valence-electron chi connectivity index (χ0n) is 18.3. The molecule has 4 aromatic rings. The summed E-state index contributed by atoms with van der Waals surface area (Å²) >= 11 is 6.77. The molecule has 1 fully saturated rings. The predicted octanol–water partition coefficient (Wildman–Crippen LogP) is 6.95. The van der Waals surface area contributed by atoms with E-state index in [1.165, 1.54) is 4.90 Å². The fraction of sp³-hybridized carbons (Fsp3) is 0.0357. The highest BCUT2D eigenvalue weighted by Gasteiger charge is 2.35. The van der Waals surface area contributed by atoms with Crippen LogP contribution in [0.4, 0.5) is 4.79 Å². The summed E-state index contributed by atoms with van der Waals surface area (Å²) in [6.45, 7) is 0.211. The van der Waals surface area contributed by atoms with Gasteiger partial charge >= 0.3 is 5.97 Å². The van der Waals surface area contributed by atoms with Crippen molar-refractivity contribution in [1.29, 1.82) is 0 Å². The van der Waals surface area contributed by atoms with Gasteiger partial charge in [0.15, 0.2) is 0 Å². The summed E-state index contributed by atoms with van der Waals surface area (Å²) in [6, 6.07) is 26.9. The molecule has 5 nitrogen and oxygen atoms in total. The lowest BCUT2D eigenvalue weighted by Gasteiger charge is -2.14. The lowest BCUT2D eigenvalue weighted by molar-refractivity contribution is -0.123. The summed E-state index contributed by atoms with van der Waals surface area (Å²) in [5.41, 5.74) is 2.02. The van der Waals surface area contributed by atoms with Crippen molar-refractivity contribution in [2.75, 3.05) is 0 Å². The number of hydrogen-bond acceptors (Lipinski definition) is 5. The van der Waals surface area contributed by atoms with E-state index in [9.17, 15) is 14.4 Å². The Balaban J connectivity index is 1.29. The first kappa shape index (κ1) is 22.9. The molecule has 0 N–H and O–H groups in total. The molecule has 0 atom stereocenters. The molecule has 35 heavy (non-hydrogen) atoms. The maximum absolute atomic E-state index is 13.0. The maximum atomic E-state index is 13.0. The van der Waals surface area contributed by atoms with E-state index in [2.05, 4.69) is 0 Å². The Morgan fingerprint density at radius 1 is 0.886 bits per heavy atom. The van der Waals surface area contributed by atoms with Crippen LogP contribution < -0.4 is 4.74 Å². The molecule has 2 amide bonds. The van der Waals surface area contributed by atoms with Crippen LogP contribution >= 0.6 is 23.4 Å². The van der Waals surface area contributed by atoms with E-state index in [-0.39, 0.29) is 17.7 Å². The number of fused-ring (bicyclic) bond motifs is 1. The Bertz CT molecular complexity index is 1470. The summed E-state index contributed by atoms with van der Waals surface area (Å²) in [5.74, 6) is -0.457. The molecule has 1 aliphatic rings. The fourth-order valence-electron chi connectivity index (χ4n) is 3.77. The standard InChI is InChI=1S/C28H18ClNO4S/c29-22-12-10-20(11-13-22)27(32)34-23-14-8-18(9-15-23)16-25-26(31)30(28(33)35-25)17-21-6-3-5-19-4-1-2-7-24(19)21/h1-16H,17H2/b25-16-. The molecule has 1 heterocycles. The average molecular weight is 500 g/mol. The quantitative estimate of drug-likeness (QED) is 0.169. The molecule has 0 bridgehead atoms. The van der Waals surface area contributed by atoms with Crippen molar-refractivity contribution >= 4 is 57.3 Å². The molecule has 5 rings (SSSR count). The summed E-state index contributed by atoms with van der Waals surface area (Å²) in [4.78, 5) is 39.5. The van der Waals surface area contributed by atoms with E-state index in [4.69, 9.17) is 16.3 Å². The van der Waals surface area contributed by atoms with Gasteiger partial charge in [-0.1, -0.05) is 66.2 Å². The number of thioether (sulfide) groups is 1. The number of carbonyl (C=O) groups excluding carboxylic acids is 3.